The molecule has 10 saturated heterocycles. The Morgan fingerprint density at radius 2 is 0.560 bits per heavy atom. The zero-order valence-corrected chi connectivity index (χ0v) is 93.3. The Kier molecular flexibility index (Phi) is 48.0. The summed E-state index contributed by atoms with van der Waals surface area (Å²) in [6.45, 7) is 27.9. The van der Waals surface area contributed by atoms with Crippen LogP contribution in [-0.2, 0) is 35.5 Å². The third-order valence-electron chi connectivity index (χ3n) is 33.0. The van der Waals surface area contributed by atoms with E-state index >= 15 is 0 Å². The standard InChI is InChI=1S/3C13H16F3N.C13H17NO.C13H19NO.2C13H19N.2C12H16ClN.C12H17N/c1-17-8-6-11(7-9-17)10-2-4-12(5-3-10)13(14,15)16;1-17-7-5-10(6-8-17)11-3-2-4-12(9-11)13(14,15)16;1-17-8-6-10(7-9-17)11-4-2-3-5-12(11)13(14,15)16;1-14-8-6-13(7-9-14)12-5-3-2-4-11(12)10-15-13;1-14-9-7-12(8-10-14)11-3-5-13(15-2)6-4-11;1-11-3-5-12(6-4-11)13-7-9-14(2)10-8-13;1-11-4-3-5-13(10-11)12-6-8-14(2)9-7-12;1-14-8-6-11(7-9-14)10-2-4-12(13)5-3-10;1-14-7-5-10(6-8-14)11-3-2-4-12(13)9-11;1-13-9-7-12(8-10-13)11-5-3-2-4-6-11/h2-5,11H,6-9H2,1H3;2-4,9-10H,5-8H2,1H3;2-5,10H,6-9H2,1H3;2-5H,6-10H2,1H3;3-6,12H,7-10H2,1-2H3;3-6,13H,7-10H2,1-2H3;3-5,10,12H,6-9H2,1-2H3;2-5,11H,6-9H2,1H3;2-4,9-10H,5-8H2,1H3;2-6,12H,7-10H2,1H3. The van der Waals surface area contributed by atoms with E-state index in [1.165, 1.54) is 248 Å². The molecule has 21 rings (SSSR count). The monoisotopic (exact) mass is 2110 g/mol. The van der Waals surface area contributed by atoms with E-state index in [2.05, 4.69) is 277 Å². The van der Waals surface area contributed by atoms with Gasteiger partial charge in [-0.3, -0.25) is 0 Å². The molecule has 10 aromatic carbocycles. The van der Waals surface area contributed by atoms with Crippen LogP contribution in [0.1, 0.15) is 271 Å². The zero-order chi connectivity index (χ0) is 107. The minimum absolute atomic E-state index is 0.0447. The molecular weight excluding hydrogens is 1940 g/mol. The summed E-state index contributed by atoms with van der Waals surface area (Å²) in [6.07, 6.45) is 10.7. The number of alkyl halides is 9. The van der Waals surface area contributed by atoms with Gasteiger partial charge in [0.2, 0.25) is 0 Å². The smallest absolute Gasteiger partial charge is 0.416 e. The fraction of sp³-hybridized carbons (Fsp3) is 0.528. The Morgan fingerprint density at radius 3 is 0.933 bits per heavy atom. The number of hydrogen-bond donors (Lipinski definition) is 0. The van der Waals surface area contributed by atoms with Gasteiger partial charge in [0.25, 0.3) is 0 Å². The van der Waals surface area contributed by atoms with Crippen molar-refractivity contribution in [1.29, 1.82) is 0 Å². The molecule has 0 amide bonds. The van der Waals surface area contributed by atoms with Crippen LogP contribution in [0.15, 0.2) is 249 Å². The number of aryl methyl sites for hydroxylation is 2. The lowest BCUT2D eigenvalue weighted by atomic mass is 9.84. The third kappa shape index (κ3) is 39.1. The van der Waals surface area contributed by atoms with Crippen LogP contribution >= 0.6 is 23.2 Å². The molecule has 0 aliphatic carbocycles. The number of rotatable bonds is 10. The average molecular weight is 2110 g/mol. The van der Waals surface area contributed by atoms with E-state index in [9.17, 15) is 39.5 Å². The van der Waals surface area contributed by atoms with Crippen molar-refractivity contribution >= 4 is 23.2 Å². The van der Waals surface area contributed by atoms with Gasteiger partial charge >= 0.3 is 18.5 Å². The van der Waals surface area contributed by atoms with Crippen molar-refractivity contribution in [1.82, 2.24) is 49.0 Å². The summed E-state index contributed by atoms with van der Waals surface area (Å²) in [5.41, 5.74) is 15.3. The molecule has 12 nitrogen and oxygen atoms in total. The fourth-order valence-corrected chi connectivity index (χ4v) is 23.0. The Morgan fingerprint density at radius 1 is 0.260 bits per heavy atom. The molecule has 10 aromatic rings. The number of methoxy groups -OCH3 is 1. The van der Waals surface area contributed by atoms with E-state index < -0.39 is 35.2 Å². The SMILES string of the molecule is CN1CCC(c2ccc(C(F)(F)F)cc2)CC1.CN1CCC(c2ccc(Cl)cc2)CC1.CN1CCC(c2cccc(C(F)(F)F)c2)CC1.CN1CCC(c2cccc(Cl)c2)CC1.CN1CCC(c2ccccc2)CC1.CN1CCC(c2ccccc2C(F)(F)F)CC1.CN1CCC2(CC1)OCc1ccccc12.COc1ccc(C2CCN(C)CC2)cc1.Cc1ccc(C2CCN(C)CC2)cc1.Cc1cccc(C2CCN(C)CC2)c1. The van der Waals surface area contributed by atoms with Crippen LogP contribution in [0.2, 0.25) is 10.0 Å². The normalized spacial score (nSPS) is 20.2. The van der Waals surface area contributed by atoms with E-state index in [1.807, 2.05) is 38.4 Å². The summed E-state index contributed by atoms with van der Waals surface area (Å²) in [4.78, 5) is 23.5. The van der Waals surface area contributed by atoms with Crippen LogP contribution in [-0.4, -0.2) is 257 Å². The summed E-state index contributed by atoms with van der Waals surface area (Å²) in [7, 11) is 23.2. The predicted octanol–water partition coefficient (Wildman–Crippen LogP) is 29.6. The molecule has 818 valence electrons. The van der Waals surface area contributed by atoms with Gasteiger partial charge in [0.1, 0.15) is 5.75 Å². The maximum Gasteiger partial charge on any atom is 0.416 e. The molecule has 10 fully saturated rings. The molecule has 0 aromatic heterocycles. The summed E-state index contributed by atoms with van der Waals surface area (Å²) < 4.78 is 125. The van der Waals surface area contributed by atoms with Gasteiger partial charge < -0.3 is 58.5 Å². The molecule has 1 spiro atoms. The number of hydrogen-bond acceptors (Lipinski definition) is 12. The second-order valence-corrected chi connectivity index (χ2v) is 45.3. The second kappa shape index (κ2) is 60.0. The highest BCUT2D eigenvalue weighted by Gasteiger charge is 2.43. The second-order valence-electron chi connectivity index (χ2n) is 44.4. The van der Waals surface area contributed by atoms with Gasteiger partial charge in [-0.25, -0.2) is 0 Å². The maximum absolute atomic E-state index is 12.9. The van der Waals surface area contributed by atoms with Gasteiger partial charge in [-0.1, -0.05) is 222 Å². The largest absolute Gasteiger partial charge is 0.497 e. The molecule has 150 heavy (non-hydrogen) atoms. The first-order valence-corrected chi connectivity index (χ1v) is 56.1. The van der Waals surface area contributed by atoms with Gasteiger partial charge in [0.15, 0.2) is 0 Å². The average Bonchev–Trinajstić information content (AvgIpc) is 1.61. The number of fused-ring (bicyclic) bond motifs is 2. The van der Waals surface area contributed by atoms with Crippen molar-refractivity contribution in [2.45, 2.75) is 226 Å². The van der Waals surface area contributed by atoms with E-state index in [0.717, 1.165) is 173 Å². The van der Waals surface area contributed by atoms with Crippen LogP contribution in [0.3, 0.4) is 0 Å². The fourth-order valence-electron chi connectivity index (χ4n) is 22.7. The molecular formula is C127H171Cl2F9N10O2. The molecule has 11 aliphatic heterocycles. The molecule has 11 aliphatic rings. The molecule has 0 atom stereocenters. The van der Waals surface area contributed by atoms with Gasteiger partial charge in [-0.15, -0.1) is 0 Å². The van der Waals surface area contributed by atoms with Crippen LogP contribution < -0.4 is 4.74 Å². The first-order valence-electron chi connectivity index (χ1n) is 55.3. The Hall–Kier alpha value is -8.49. The van der Waals surface area contributed by atoms with E-state index in [-0.39, 0.29) is 17.4 Å². The van der Waals surface area contributed by atoms with Gasteiger partial charge in [-0.2, -0.15) is 39.5 Å². The topological polar surface area (TPSA) is 50.9 Å². The minimum atomic E-state index is -4.24. The molecule has 0 saturated carbocycles. The Bertz CT molecular complexity index is 5340. The quantitative estimate of drug-likeness (QED) is 0.123. The lowest BCUT2D eigenvalue weighted by Gasteiger charge is -2.37. The molecule has 0 N–H and O–H groups in total. The molecule has 0 unspecified atom stereocenters. The van der Waals surface area contributed by atoms with Crippen molar-refractivity contribution in [3.63, 3.8) is 0 Å². The molecule has 0 bridgehead atoms. The number of nitrogens with zero attached hydrogens (tertiary/aromatic N) is 10. The van der Waals surface area contributed by atoms with Gasteiger partial charge in [-0.05, 0) is 506 Å². The predicted molar refractivity (Wildman–Crippen MR) is 604 cm³/mol. The zero-order valence-electron chi connectivity index (χ0n) is 91.8. The third-order valence-corrected chi connectivity index (χ3v) is 33.4. The highest BCUT2D eigenvalue weighted by molar-refractivity contribution is 6.30. The highest BCUT2D eigenvalue weighted by atomic mass is 35.5. The van der Waals surface area contributed by atoms with Crippen LogP contribution in [0, 0.1) is 13.8 Å². The van der Waals surface area contributed by atoms with Crippen molar-refractivity contribution in [3.8, 4) is 5.75 Å². The Balaban J connectivity index is 0.000000148. The number of piperidine rings is 10. The highest BCUT2D eigenvalue weighted by Crippen LogP contribution is 2.46. The summed E-state index contributed by atoms with van der Waals surface area (Å²) >= 11 is 11.8. The maximum atomic E-state index is 12.9. The van der Waals surface area contributed by atoms with Crippen molar-refractivity contribution in [2.75, 3.05) is 208 Å². The Labute approximate surface area is 903 Å². The summed E-state index contributed by atoms with van der Waals surface area (Å²) in [5, 5.41) is 1.70. The lowest BCUT2D eigenvalue weighted by Crippen LogP contribution is -2.40. The van der Waals surface area contributed by atoms with E-state index in [0.29, 0.717) is 17.4 Å². The number of benzene rings is 10. The first kappa shape index (κ1) is 120. The molecule has 11 heterocycles. The van der Waals surface area contributed by atoms with Gasteiger partial charge in [0, 0.05) is 23.1 Å². The molecule has 23 heteroatoms. The van der Waals surface area contributed by atoms with Crippen LogP contribution in [0.25, 0.3) is 0 Å². The summed E-state index contributed by atoms with van der Waals surface area (Å²) in [5.74, 6) is 6.27. The minimum Gasteiger partial charge on any atom is -0.497 e. The van der Waals surface area contributed by atoms with Crippen LogP contribution in [0.4, 0.5) is 39.5 Å². The van der Waals surface area contributed by atoms with E-state index in [1.54, 1.807) is 31.4 Å². The van der Waals surface area contributed by atoms with E-state index in [4.69, 9.17) is 32.7 Å². The van der Waals surface area contributed by atoms with Crippen molar-refractivity contribution < 1.29 is 49.0 Å². The lowest BCUT2D eigenvalue weighted by molar-refractivity contribution is -0.139. The summed E-state index contributed by atoms with van der Waals surface area (Å²) in [6, 6.07) is 80.1. The van der Waals surface area contributed by atoms with Crippen molar-refractivity contribution in [2.24, 2.45) is 0 Å². The molecule has 0 radical (unpaired) electrons. The number of ether oxygens (including phenoxy) is 2. The number of halogens is 11. The van der Waals surface area contributed by atoms with Gasteiger partial charge in [0.05, 0.1) is 36.0 Å². The van der Waals surface area contributed by atoms with Crippen LogP contribution in [0.5, 0.6) is 5.75 Å². The van der Waals surface area contributed by atoms with Crippen molar-refractivity contribution in [3.05, 3.63) is 348 Å². The first-order chi connectivity index (χ1) is 71.9. The number of likely N-dealkylation sites (tertiary alicyclic amines) is 10.